The van der Waals surface area contributed by atoms with E-state index >= 15 is 0 Å². The van der Waals surface area contributed by atoms with Crippen LogP contribution in [0.25, 0.3) is 0 Å². The molecule has 4 nitrogen and oxygen atoms in total. The number of hydrogen-bond donors (Lipinski definition) is 3. The highest BCUT2D eigenvalue weighted by atomic mass is 16.3. The van der Waals surface area contributed by atoms with Gasteiger partial charge in [0.25, 0.3) is 0 Å². The molecule has 0 bridgehead atoms. The average molecular weight is 197 g/mol. The molecule has 4 heteroatoms. The third-order valence-corrected chi connectivity index (χ3v) is 2.18. The van der Waals surface area contributed by atoms with E-state index in [0.717, 1.165) is 0 Å². The third-order valence-electron chi connectivity index (χ3n) is 2.18. The van der Waals surface area contributed by atoms with Crippen LogP contribution in [0.4, 0.5) is 5.69 Å². The summed E-state index contributed by atoms with van der Waals surface area (Å²) in [6, 6.07) is 4.44. The minimum absolute atomic E-state index is 0.159. The molecular formula is C10H15NO3. The fourth-order valence-electron chi connectivity index (χ4n) is 1.18. The maximum absolute atomic E-state index is 9.52. The van der Waals surface area contributed by atoms with Crippen LogP contribution in [0.5, 0.6) is 11.5 Å². The fraction of sp³-hybridized carbons (Fsp3) is 0.400. The lowest BCUT2D eigenvalue weighted by Gasteiger charge is -2.24. The summed E-state index contributed by atoms with van der Waals surface area (Å²) in [7, 11) is 1.72. The van der Waals surface area contributed by atoms with Crippen LogP contribution in [0.2, 0.25) is 0 Å². The highest BCUT2D eigenvalue weighted by Gasteiger charge is 2.10. The molecule has 78 valence electrons. The lowest BCUT2D eigenvalue weighted by molar-refractivity contribution is 0.170. The van der Waals surface area contributed by atoms with Crippen LogP contribution in [0, 0.1) is 0 Å². The van der Waals surface area contributed by atoms with Crippen molar-refractivity contribution in [3.8, 4) is 11.5 Å². The second-order valence-electron chi connectivity index (χ2n) is 3.17. The van der Waals surface area contributed by atoms with Crippen molar-refractivity contribution < 1.29 is 15.3 Å². The summed E-state index contributed by atoms with van der Waals surface area (Å²) in [5.74, 6) is -0.342. The summed E-state index contributed by atoms with van der Waals surface area (Å²) in [6.07, 6.45) is 0.0111. The average Bonchev–Trinajstić information content (AvgIpc) is 2.20. The third kappa shape index (κ3) is 2.09. The standard InChI is InChI=1S/C10H15NO3/c1-3-10(14)11(2)7-4-5-8(12)9(13)6-7/h4-6,10,12-14H,3H2,1-2H3. The normalized spacial score (nSPS) is 12.5. The number of benzene rings is 1. The van der Waals surface area contributed by atoms with Gasteiger partial charge in [0.2, 0.25) is 0 Å². The number of phenols is 2. The molecule has 1 aromatic carbocycles. The van der Waals surface area contributed by atoms with Gasteiger partial charge in [0.15, 0.2) is 11.5 Å². The van der Waals surface area contributed by atoms with Gasteiger partial charge in [-0.2, -0.15) is 0 Å². The summed E-state index contributed by atoms with van der Waals surface area (Å²) in [5, 5.41) is 27.9. The molecule has 14 heavy (non-hydrogen) atoms. The van der Waals surface area contributed by atoms with Crippen molar-refractivity contribution in [2.75, 3.05) is 11.9 Å². The number of anilines is 1. The highest BCUT2D eigenvalue weighted by molar-refractivity contribution is 5.55. The number of phenolic OH excluding ortho intramolecular Hbond substituents is 2. The Morgan fingerprint density at radius 1 is 1.29 bits per heavy atom. The summed E-state index contributed by atoms with van der Waals surface area (Å²) >= 11 is 0. The summed E-state index contributed by atoms with van der Waals surface area (Å²) < 4.78 is 0. The van der Waals surface area contributed by atoms with Crippen LogP contribution in [0.3, 0.4) is 0 Å². The number of hydrogen-bond acceptors (Lipinski definition) is 4. The Hall–Kier alpha value is -1.42. The molecule has 0 aliphatic carbocycles. The Balaban J connectivity index is 2.91. The molecule has 1 aromatic rings. The van der Waals surface area contributed by atoms with Crippen LogP contribution >= 0.6 is 0 Å². The van der Waals surface area contributed by atoms with Gasteiger partial charge in [0.05, 0.1) is 0 Å². The maximum Gasteiger partial charge on any atom is 0.159 e. The predicted octanol–water partition coefficient (Wildman–Crippen LogP) is 1.26. The Labute approximate surface area is 83.0 Å². The largest absolute Gasteiger partial charge is 0.504 e. The molecule has 0 aromatic heterocycles. The first-order chi connectivity index (χ1) is 6.56. The minimum atomic E-state index is -0.584. The zero-order valence-electron chi connectivity index (χ0n) is 8.31. The topological polar surface area (TPSA) is 63.9 Å². The van der Waals surface area contributed by atoms with Crippen molar-refractivity contribution in [2.45, 2.75) is 19.6 Å². The van der Waals surface area contributed by atoms with Gasteiger partial charge in [-0.3, -0.25) is 0 Å². The van der Waals surface area contributed by atoms with E-state index < -0.39 is 6.23 Å². The molecule has 0 heterocycles. The van der Waals surface area contributed by atoms with E-state index in [2.05, 4.69) is 0 Å². The Morgan fingerprint density at radius 3 is 2.43 bits per heavy atom. The quantitative estimate of drug-likeness (QED) is 0.504. The Morgan fingerprint density at radius 2 is 1.93 bits per heavy atom. The maximum atomic E-state index is 9.52. The lowest BCUT2D eigenvalue weighted by atomic mass is 10.2. The second-order valence-corrected chi connectivity index (χ2v) is 3.17. The van der Waals surface area contributed by atoms with E-state index in [1.807, 2.05) is 6.92 Å². The van der Waals surface area contributed by atoms with Crippen molar-refractivity contribution in [3.63, 3.8) is 0 Å². The number of aliphatic hydroxyl groups is 1. The number of rotatable bonds is 3. The van der Waals surface area contributed by atoms with Crippen molar-refractivity contribution in [1.82, 2.24) is 0 Å². The second kappa shape index (κ2) is 4.19. The highest BCUT2D eigenvalue weighted by Crippen LogP contribution is 2.29. The van der Waals surface area contributed by atoms with Gasteiger partial charge < -0.3 is 20.2 Å². The van der Waals surface area contributed by atoms with Gasteiger partial charge in [-0.05, 0) is 18.6 Å². The minimum Gasteiger partial charge on any atom is -0.504 e. The molecule has 0 aliphatic rings. The van der Waals surface area contributed by atoms with Crippen LogP contribution in [-0.2, 0) is 0 Å². The molecule has 1 unspecified atom stereocenters. The van der Waals surface area contributed by atoms with Crippen molar-refractivity contribution in [1.29, 1.82) is 0 Å². The van der Waals surface area contributed by atoms with Crippen LogP contribution in [-0.4, -0.2) is 28.6 Å². The van der Waals surface area contributed by atoms with E-state index in [1.54, 1.807) is 18.0 Å². The molecule has 0 amide bonds. The summed E-state index contributed by atoms with van der Waals surface area (Å²) in [5.41, 5.74) is 0.662. The smallest absolute Gasteiger partial charge is 0.159 e. The van der Waals surface area contributed by atoms with Crippen LogP contribution in [0.15, 0.2) is 18.2 Å². The van der Waals surface area contributed by atoms with Crippen molar-refractivity contribution in [2.24, 2.45) is 0 Å². The van der Waals surface area contributed by atoms with Crippen LogP contribution < -0.4 is 4.90 Å². The first-order valence-corrected chi connectivity index (χ1v) is 4.49. The zero-order valence-corrected chi connectivity index (χ0v) is 8.31. The fourth-order valence-corrected chi connectivity index (χ4v) is 1.18. The van der Waals surface area contributed by atoms with Crippen LogP contribution in [0.1, 0.15) is 13.3 Å². The monoisotopic (exact) mass is 197 g/mol. The van der Waals surface area contributed by atoms with Gasteiger partial charge in [-0.25, -0.2) is 0 Å². The zero-order chi connectivity index (χ0) is 10.7. The van der Waals surface area contributed by atoms with E-state index in [0.29, 0.717) is 12.1 Å². The van der Waals surface area contributed by atoms with Crippen molar-refractivity contribution >= 4 is 5.69 Å². The van der Waals surface area contributed by atoms with E-state index in [9.17, 15) is 10.2 Å². The molecule has 0 aliphatic heterocycles. The molecule has 0 saturated carbocycles. The van der Waals surface area contributed by atoms with Gasteiger partial charge >= 0.3 is 0 Å². The molecule has 0 fully saturated rings. The van der Waals surface area contributed by atoms with E-state index in [-0.39, 0.29) is 11.5 Å². The van der Waals surface area contributed by atoms with Gasteiger partial charge in [0.1, 0.15) is 6.23 Å². The number of aromatic hydroxyl groups is 2. The predicted molar refractivity (Wildman–Crippen MR) is 54.5 cm³/mol. The van der Waals surface area contributed by atoms with Gasteiger partial charge in [-0.1, -0.05) is 6.92 Å². The molecular weight excluding hydrogens is 182 g/mol. The van der Waals surface area contributed by atoms with E-state index in [1.165, 1.54) is 12.1 Å². The first kappa shape index (κ1) is 10.7. The van der Waals surface area contributed by atoms with Gasteiger partial charge in [-0.15, -0.1) is 0 Å². The summed E-state index contributed by atoms with van der Waals surface area (Å²) in [4.78, 5) is 1.62. The van der Waals surface area contributed by atoms with Gasteiger partial charge in [0, 0.05) is 18.8 Å². The lowest BCUT2D eigenvalue weighted by Crippen LogP contribution is -2.30. The molecule has 3 N–H and O–H groups in total. The van der Waals surface area contributed by atoms with Crippen molar-refractivity contribution in [3.05, 3.63) is 18.2 Å². The summed E-state index contributed by atoms with van der Waals surface area (Å²) in [6.45, 7) is 1.86. The number of aliphatic hydroxyl groups excluding tert-OH is 1. The van der Waals surface area contributed by atoms with E-state index in [4.69, 9.17) is 5.11 Å². The molecule has 0 radical (unpaired) electrons. The molecule has 0 saturated heterocycles. The Bertz CT molecular complexity index is 314. The SMILES string of the molecule is CCC(O)N(C)c1ccc(O)c(O)c1. The molecule has 1 atom stereocenters. The first-order valence-electron chi connectivity index (χ1n) is 4.49. The number of nitrogens with zero attached hydrogens (tertiary/aromatic N) is 1. The molecule has 0 spiro atoms. The Kier molecular flexibility index (Phi) is 3.19. The molecule has 1 rings (SSSR count).